The molecule has 0 bridgehead atoms. The van der Waals surface area contributed by atoms with Crippen molar-refractivity contribution in [3.63, 3.8) is 0 Å². The Kier molecular flexibility index (Phi) is 5.23. The van der Waals surface area contributed by atoms with Crippen molar-refractivity contribution in [2.75, 3.05) is 19.7 Å². The fourth-order valence-corrected chi connectivity index (χ4v) is 2.67. The first-order valence-corrected chi connectivity index (χ1v) is 7.62. The van der Waals surface area contributed by atoms with Crippen molar-refractivity contribution in [1.82, 2.24) is 5.32 Å². The molecular formula is C17H25NO3. The summed E-state index contributed by atoms with van der Waals surface area (Å²) in [6, 6.07) is 8.20. The summed E-state index contributed by atoms with van der Waals surface area (Å²) in [5.74, 6) is 0.713. The lowest BCUT2D eigenvalue weighted by molar-refractivity contribution is -0.137. The van der Waals surface area contributed by atoms with Gasteiger partial charge in [-0.3, -0.25) is 4.79 Å². The van der Waals surface area contributed by atoms with Crippen molar-refractivity contribution < 1.29 is 14.6 Å². The van der Waals surface area contributed by atoms with Crippen LogP contribution in [-0.2, 0) is 4.79 Å². The van der Waals surface area contributed by atoms with Crippen molar-refractivity contribution in [3.8, 4) is 5.75 Å². The zero-order valence-electron chi connectivity index (χ0n) is 12.9. The van der Waals surface area contributed by atoms with Crippen LogP contribution >= 0.6 is 0 Å². The largest absolute Gasteiger partial charge is 0.493 e. The molecular weight excluding hydrogens is 266 g/mol. The lowest BCUT2D eigenvalue weighted by Crippen LogP contribution is -2.27. The van der Waals surface area contributed by atoms with Gasteiger partial charge in [-0.05, 0) is 30.9 Å². The number of fused-ring (bicyclic) bond motifs is 1. The molecule has 1 atom stereocenters. The first-order chi connectivity index (χ1) is 9.98. The maximum absolute atomic E-state index is 10.6. The fraction of sp³-hybridized carbons (Fsp3) is 0.588. The van der Waals surface area contributed by atoms with E-state index in [4.69, 9.17) is 9.84 Å². The van der Waals surface area contributed by atoms with Gasteiger partial charge in [0.25, 0.3) is 0 Å². The van der Waals surface area contributed by atoms with Crippen molar-refractivity contribution in [3.05, 3.63) is 29.8 Å². The Morgan fingerprint density at radius 3 is 2.90 bits per heavy atom. The van der Waals surface area contributed by atoms with Crippen LogP contribution in [0.5, 0.6) is 5.75 Å². The number of carboxylic acid groups (broad SMARTS) is 1. The summed E-state index contributed by atoms with van der Waals surface area (Å²) in [6.45, 7) is 6.82. The molecule has 1 aliphatic rings. The van der Waals surface area contributed by atoms with E-state index < -0.39 is 5.97 Å². The van der Waals surface area contributed by atoms with Gasteiger partial charge in [0.05, 0.1) is 6.61 Å². The van der Waals surface area contributed by atoms with E-state index in [1.807, 2.05) is 12.1 Å². The van der Waals surface area contributed by atoms with Crippen LogP contribution in [0.4, 0.5) is 0 Å². The number of rotatable bonds is 8. The second kappa shape index (κ2) is 6.94. The summed E-state index contributed by atoms with van der Waals surface area (Å²) in [5, 5.41) is 12.2. The average molecular weight is 291 g/mol. The Morgan fingerprint density at radius 1 is 1.38 bits per heavy atom. The van der Waals surface area contributed by atoms with Crippen LogP contribution in [0.3, 0.4) is 0 Å². The van der Waals surface area contributed by atoms with Crippen LogP contribution in [0.2, 0.25) is 0 Å². The van der Waals surface area contributed by atoms with Crippen LogP contribution in [-0.4, -0.2) is 30.8 Å². The minimum absolute atomic E-state index is 0.0650. The van der Waals surface area contributed by atoms with Gasteiger partial charge in [-0.2, -0.15) is 0 Å². The minimum atomic E-state index is -0.712. The number of nitrogens with one attached hydrogen (secondary N) is 1. The third-order valence-corrected chi connectivity index (χ3v) is 4.18. The molecule has 1 unspecified atom stereocenters. The highest BCUT2D eigenvalue weighted by atomic mass is 16.5. The molecule has 116 valence electrons. The number of hydrogen-bond acceptors (Lipinski definition) is 3. The highest BCUT2D eigenvalue weighted by Gasteiger charge is 2.23. The lowest BCUT2D eigenvalue weighted by Gasteiger charge is -2.24. The summed E-state index contributed by atoms with van der Waals surface area (Å²) in [6.07, 6.45) is 1.95. The van der Waals surface area contributed by atoms with Crippen molar-refractivity contribution >= 4 is 5.97 Å². The van der Waals surface area contributed by atoms with Gasteiger partial charge < -0.3 is 15.2 Å². The van der Waals surface area contributed by atoms with E-state index in [0.717, 1.165) is 38.3 Å². The van der Waals surface area contributed by atoms with E-state index >= 15 is 0 Å². The summed E-state index contributed by atoms with van der Waals surface area (Å²) in [7, 11) is 0. The molecule has 0 spiro atoms. The highest BCUT2D eigenvalue weighted by molar-refractivity contribution is 5.66. The number of para-hydroxylation sites is 1. The second-order valence-corrected chi connectivity index (χ2v) is 6.56. The Morgan fingerprint density at radius 2 is 2.14 bits per heavy atom. The number of ether oxygens (including phenoxy) is 1. The Balaban J connectivity index is 1.70. The standard InChI is InChI=1S/C17H25NO3/c1-17(2,8-7-16(19)20)9-10-18-11-13-12-21-15-6-4-3-5-14(13)15/h3-6,13,18H,7-12H2,1-2H3,(H,19,20). The van der Waals surface area contributed by atoms with Crippen molar-refractivity contribution in [2.45, 2.75) is 39.0 Å². The van der Waals surface area contributed by atoms with Crippen molar-refractivity contribution in [1.29, 1.82) is 0 Å². The summed E-state index contributed by atoms with van der Waals surface area (Å²) in [4.78, 5) is 10.6. The van der Waals surface area contributed by atoms with Crippen molar-refractivity contribution in [2.24, 2.45) is 5.41 Å². The first kappa shape index (κ1) is 15.8. The van der Waals surface area contributed by atoms with Gasteiger partial charge in [0.15, 0.2) is 0 Å². The van der Waals surface area contributed by atoms with Gasteiger partial charge >= 0.3 is 5.97 Å². The van der Waals surface area contributed by atoms with Gasteiger partial charge in [0.2, 0.25) is 0 Å². The summed E-state index contributed by atoms with van der Waals surface area (Å²) < 4.78 is 5.67. The Labute approximate surface area is 126 Å². The van der Waals surface area contributed by atoms with Gasteiger partial charge in [0.1, 0.15) is 5.75 Å². The van der Waals surface area contributed by atoms with Crippen LogP contribution in [0.25, 0.3) is 0 Å². The molecule has 0 saturated carbocycles. The molecule has 0 aromatic heterocycles. The fourth-order valence-electron chi connectivity index (χ4n) is 2.67. The monoisotopic (exact) mass is 291 g/mol. The van der Waals surface area contributed by atoms with E-state index in [-0.39, 0.29) is 11.8 Å². The van der Waals surface area contributed by atoms with Gasteiger partial charge in [-0.15, -0.1) is 0 Å². The van der Waals surface area contributed by atoms with Crippen LogP contribution in [0.15, 0.2) is 24.3 Å². The number of hydrogen-bond donors (Lipinski definition) is 2. The zero-order valence-corrected chi connectivity index (χ0v) is 12.9. The molecule has 2 N–H and O–H groups in total. The van der Waals surface area contributed by atoms with E-state index in [2.05, 4.69) is 31.3 Å². The predicted octanol–water partition coefficient (Wildman–Crippen LogP) is 3.03. The van der Waals surface area contributed by atoms with E-state index in [0.29, 0.717) is 5.92 Å². The number of carbonyl (C=O) groups is 1. The molecule has 4 nitrogen and oxygen atoms in total. The second-order valence-electron chi connectivity index (χ2n) is 6.56. The first-order valence-electron chi connectivity index (χ1n) is 7.62. The zero-order chi connectivity index (χ0) is 15.3. The van der Waals surface area contributed by atoms with Crippen LogP contribution in [0.1, 0.15) is 44.6 Å². The third kappa shape index (κ3) is 4.74. The molecule has 2 rings (SSSR count). The van der Waals surface area contributed by atoms with E-state index in [1.165, 1.54) is 5.56 Å². The molecule has 21 heavy (non-hydrogen) atoms. The Bertz CT molecular complexity index is 485. The maximum atomic E-state index is 10.6. The van der Waals surface area contributed by atoms with E-state index in [1.54, 1.807) is 0 Å². The third-order valence-electron chi connectivity index (χ3n) is 4.18. The quantitative estimate of drug-likeness (QED) is 0.723. The molecule has 0 aliphatic carbocycles. The summed E-state index contributed by atoms with van der Waals surface area (Å²) in [5.41, 5.74) is 1.35. The molecule has 0 radical (unpaired) electrons. The normalized spacial score (nSPS) is 17.3. The van der Waals surface area contributed by atoms with Gasteiger partial charge in [-0.1, -0.05) is 32.0 Å². The average Bonchev–Trinajstić information content (AvgIpc) is 2.85. The number of aliphatic carboxylic acids is 1. The molecule has 0 amide bonds. The van der Waals surface area contributed by atoms with Gasteiger partial charge in [0, 0.05) is 24.4 Å². The topological polar surface area (TPSA) is 58.6 Å². The molecule has 1 aliphatic heterocycles. The predicted molar refractivity (Wildman–Crippen MR) is 82.8 cm³/mol. The molecule has 0 saturated heterocycles. The molecule has 1 aromatic carbocycles. The van der Waals surface area contributed by atoms with Crippen LogP contribution < -0.4 is 10.1 Å². The number of carboxylic acids is 1. The van der Waals surface area contributed by atoms with E-state index in [9.17, 15) is 4.79 Å². The van der Waals surface area contributed by atoms with Gasteiger partial charge in [-0.25, -0.2) is 0 Å². The molecule has 0 fully saturated rings. The van der Waals surface area contributed by atoms with Crippen LogP contribution in [0, 0.1) is 5.41 Å². The molecule has 1 heterocycles. The lowest BCUT2D eigenvalue weighted by atomic mass is 9.84. The minimum Gasteiger partial charge on any atom is -0.493 e. The molecule has 4 heteroatoms. The summed E-state index contributed by atoms with van der Waals surface area (Å²) >= 11 is 0. The smallest absolute Gasteiger partial charge is 0.303 e. The highest BCUT2D eigenvalue weighted by Crippen LogP contribution is 2.33. The molecule has 1 aromatic rings. The maximum Gasteiger partial charge on any atom is 0.303 e. The Hall–Kier alpha value is -1.55. The SMILES string of the molecule is CC(C)(CCNCC1COc2ccccc21)CCC(=O)O. The number of benzene rings is 1.